The van der Waals surface area contributed by atoms with E-state index in [1.807, 2.05) is 6.07 Å². The molecule has 26 heavy (non-hydrogen) atoms. The molecular weight excluding hydrogens is 412 g/mol. The van der Waals surface area contributed by atoms with Gasteiger partial charge in [-0.15, -0.1) is 0 Å². The van der Waals surface area contributed by atoms with E-state index in [4.69, 9.17) is 4.43 Å². The zero-order valence-corrected chi connectivity index (χ0v) is 17.8. The van der Waals surface area contributed by atoms with Gasteiger partial charge in [0.05, 0.1) is 5.56 Å². The van der Waals surface area contributed by atoms with Crippen LogP contribution in [0.25, 0.3) is 0 Å². The molecule has 6 heteroatoms. The van der Waals surface area contributed by atoms with Gasteiger partial charge in [-0.25, -0.2) is 4.79 Å². The number of carboxylic acid groups (broad SMARTS) is 1. The second-order valence-electron chi connectivity index (χ2n) is 6.82. The van der Waals surface area contributed by atoms with Crippen molar-refractivity contribution in [2.75, 3.05) is 0 Å². The normalized spacial score (nSPS) is 11.2. The number of hydrogen-bond acceptors (Lipinski definition) is 3. The predicted molar refractivity (Wildman–Crippen MR) is 109 cm³/mol. The molecule has 138 valence electrons. The Morgan fingerprint density at radius 3 is 2.50 bits per heavy atom. The summed E-state index contributed by atoms with van der Waals surface area (Å²) in [5.41, 5.74) is 0.567. The molecule has 2 aromatic carbocycles. The van der Waals surface area contributed by atoms with Crippen LogP contribution in [0, 0.1) is 0 Å². The van der Waals surface area contributed by atoms with E-state index in [2.05, 4.69) is 35.9 Å². The molecule has 0 saturated carbocycles. The molecule has 0 fully saturated rings. The average molecular weight is 435 g/mol. The summed E-state index contributed by atoms with van der Waals surface area (Å²) in [6.45, 7) is 6.48. The maximum absolute atomic E-state index is 12.9. The van der Waals surface area contributed by atoms with Gasteiger partial charge in [-0.2, -0.15) is 0 Å². The van der Waals surface area contributed by atoms with Gasteiger partial charge in [0.2, 0.25) is 8.32 Å². The molecule has 0 saturated heterocycles. The fourth-order valence-electron chi connectivity index (χ4n) is 2.72. The molecule has 0 aliphatic heterocycles. The number of rotatable bonds is 8. The second-order valence-corrected chi connectivity index (χ2v) is 12.0. The minimum Gasteiger partial charge on any atom is -0.544 e. The van der Waals surface area contributed by atoms with E-state index in [0.29, 0.717) is 15.8 Å². The number of hydrogen-bond donors (Lipinski definition) is 1. The molecule has 4 nitrogen and oxygen atoms in total. The van der Waals surface area contributed by atoms with Crippen molar-refractivity contribution in [2.24, 2.45) is 0 Å². The Labute approximate surface area is 163 Å². The third kappa shape index (κ3) is 5.29. The first kappa shape index (κ1) is 20.4. The highest BCUT2D eigenvalue weighted by atomic mass is 79.9. The predicted octanol–water partition coefficient (Wildman–Crippen LogP) is 5.76. The number of carbonyl (C=O) groups excluding carboxylic acids is 1. The van der Waals surface area contributed by atoms with Crippen LogP contribution < -0.4 is 4.43 Å². The van der Waals surface area contributed by atoms with Crippen LogP contribution in [0.1, 0.15) is 46.0 Å². The van der Waals surface area contributed by atoms with Gasteiger partial charge >= 0.3 is 5.97 Å². The summed E-state index contributed by atoms with van der Waals surface area (Å²) >= 11 is 3.30. The van der Waals surface area contributed by atoms with Crippen molar-refractivity contribution in [1.82, 2.24) is 0 Å². The summed E-state index contributed by atoms with van der Waals surface area (Å²) in [6, 6.07) is 12.6. The van der Waals surface area contributed by atoms with E-state index in [1.165, 1.54) is 6.07 Å². The molecule has 2 rings (SSSR count). The van der Waals surface area contributed by atoms with Gasteiger partial charge in [-0.1, -0.05) is 47.8 Å². The van der Waals surface area contributed by atoms with Gasteiger partial charge in [0, 0.05) is 15.6 Å². The molecule has 0 amide bonds. The minimum atomic E-state index is -1.85. The molecule has 0 spiro atoms. The van der Waals surface area contributed by atoms with Crippen LogP contribution >= 0.6 is 15.9 Å². The van der Waals surface area contributed by atoms with Crippen LogP contribution in [0.2, 0.25) is 19.1 Å². The van der Waals surface area contributed by atoms with E-state index in [9.17, 15) is 14.7 Å². The molecule has 0 atom stereocenters. The van der Waals surface area contributed by atoms with E-state index in [1.54, 1.807) is 30.3 Å². The van der Waals surface area contributed by atoms with Crippen LogP contribution in [0.3, 0.4) is 0 Å². The Morgan fingerprint density at radius 1 is 1.12 bits per heavy atom. The van der Waals surface area contributed by atoms with Crippen molar-refractivity contribution in [1.29, 1.82) is 0 Å². The van der Waals surface area contributed by atoms with E-state index >= 15 is 0 Å². The minimum absolute atomic E-state index is 0.0119. The molecule has 0 bridgehead atoms. The lowest BCUT2D eigenvalue weighted by Crippen LogP contribution is -2.33. The smallest absolute Gasteiger partial charge is 0.336 e. The van der Waals surface area contributed by atoms with Gasteiger partial charge in [0.25, 0.3) is 0 Å². The highest BCUT2D eigenvalue weighted by Gasteiger charge is 2.24. The van der Waals surface area contributed by atoms with Crippen molar-refractivity contribution in [3.63, 3.8) is 0 Å². The lowest BCUT2D eigenvalue weighted by Gasteiger charge is -2.24. The molecule has 0 unspecified atom stereocenters. The monoisotopic (exact) mass is 434 g/mol. The van der Waals surface area contributed by atoms with Crippen LogP contribution in [0.4, 0.5) is 0 Å². The van der Waals surface area contributed by atoms with Gasteiger partial charge < -0.3 is 9.53 Å². The van der Waals surface area contributed by atoms with Gasteiger partial charge in [0.15, 0.2) is 5.78 Å². The van der Waals surface area contributed by atoms with Crippen LogP contribution in [0.15, 0.2) is 46.9 Å². The van der Waals surface area contributed by atoms with E-state index in [0.717, 1.165) is 18.9 Å². The molecule has 0 aliphatic rings. The van der Waals surface area contributed by atoms with Crippen molar-refractivity contribution in [2.45, 2.75) is 38.9 Å². The lowest BCUT2D eigenvalue weighted by molar-refractivity contribution is 0.0692. The van der Waals surface area contributed by atoms with Gasteiger partial charge in [-0.3, -0.25) is 4.79 Å². The van der Waals surface area contributed by atoms with Crippen LogP contribution in [0.5, 0.6) is 5.75 Å². The Kier molecular flexibility index (Phi) is 6.78. The zero-order chi connectivity index (χ0) is 19.3. The Hall–Kier alpha value is -1.92. The fourth-order valence-corrected chi connectivity index (χ4v) is 5.15. The van der Waals surface area contributed by atoms with Crippen molar-refractivity contribution in [3.8, 4) is 5.75 Å². The number of halogens is 1. The first-order valence-electron chi connectivity index (χ1n) is 8.60. The maximum Gasteiger partial charge on any atom is 0.336 e. The largest absolute Gasteiger partial charge is 0.544 e. The topological polar surface area (TPSA) is 63.6 Å². The van der Waals surface area contributed by atoms with E-state index in [-0.39, 0.29) is 16.9 Å². The first-order chi connectivity index (χ1) is 12.2. The maximum atomic E-state index is 12.9. The third-order valence-electron chi connectivity index (χ3n) is 4.08. The number of carboxylic acids is 1. The molecule has 0 heterocycles. The Morgan fingerprint density at radius 2 is 1.85 bits per heavy atom. The first-order valence-corrected chi connectivity index (χ1v) is 12.5. The summed E-state index contributed by atoms with van der Waals surface area (Å²) in [4.78, 5) is 24.3. The Bertz CT molecular complexity index is 817. The van der Waals surface area contributed by atoms with E-state index < -0.39 is 14.3 Å². The summed E-state index contributed by atoms with van der Waals surface area (Å²) in [5, 5.41) is 9.36. The zero-order valence-electron chi connectivity index (χ0n) is 15.2. The fraction of sp³-hybridized carbons (Fsp3) is 0.300. The summed E-state index contributed by atoms with van der Waals surface area (Å²) in [5.74, 6) is -0.793. The molecule has 1 N–H and O–H groups in total. The number of benzene rings is 2. The number of carbonyl (C=O) groups is 2. The number of aromatic carboxylic acids is 1. The highest BCUT2D eigenvalue weighted by molar-refractivity contribution is 9.10. The third-order valence-corrected chi connectivity index (χ3v) is 6.92. The van der Waals surface area contributed by atoms with Gasteiger partial charge in [-0.05, 0) is 49.5 Å². The Balaban J connectivity index is 2.32. The highest BCUT2D eigenvalue weighted by Crippen LogP contribution is 2.25. The average Bonchev–Trinajstić information content (AvgIpc) is 2.59. The molecule has 0 aromatic heterocycles. The quantitative estimate of drug-likeness (QED) is 0.423. The molecular formula is C20H23BrO4Si. The molecule has 2 aromatic rings. The summed E-state index contributed by atoms with van der Waals surface area (Å²) in [6.07, 6.45) is 2.25. The van der Waals surface area contributed by atoms with Crippen LogP contribution in [-0.2, 0) is 0 Å². The van der Waals surface area contributed by atoms with Crippen molar-refractivity contribution >= 4 is 36.0 Å². The van der Waals surface area contributed by atoms with Crippen molar-refractivity contribution < 1.29 is 19.1 Å². The molecule has 0 aliphatic carbocycles. The standard InChI is InChI=1S/C20H23BrO4Si/c1-4-5-11-26(2,3)25-16-8-6-7-14(12-16)19(22)18-13-15(21)9-10-17(18)20(23)24/h6-10,12-13H,4-5,11H2,1-3H3,(H,23,24). The summed E-state index contributed by atoms with van der Waals surface area (Å²) in [7, 11) is -1.85. The summed E-state index contributed by atoms with van der Waals surface area (Å²) < 4.78 is 6.85. The lowest BCUT2D eigenvalue weighted by atomic mass is 9.98. The second kappa shape index (κ2) is 8.64. The number of ketones is 1. The van der Waals surface area contributed by atoms with Gasteiger partial charge in [0.1, 0.15) is 5.75 Å². The van der Waals surface area contributed by atoms with Crippen LogP contribution in [-0.4, -0.2) is 25.2 Å². The number of unbranched alkanes of at least 4 members (excludes halogenated alkanes) is 1. The molecule has 0 radical (unpaired) electrons. The SMILES string of the molecule is CCCC[Si](C)(C)Oc1cccc(C(=O)c2cc(Br)ccc2C(=O)O)c1. The van der Waals surface area contributed by atoms with Crippen molar-refractivity contribution in [3.05, 3.63) is 63.6 Å².